The number of rotatable bonds is 5. The first-order valence-corrected chi connectivity index (χ1v) is 9.45. The lowest BCUT2D eigenvalue weighted by molar-refractivity contribution is 0.0612. The van der Waals surface area contributed by atoms with Gasteiger partial charge in [-0.3, -0.25) is 0 Å². The molecule has 1 aromatic heterocycles. The molecule has 146 valence electrons. The number of fused-ring (bicyclic) bond motifs is 1. The van der Waals surface area contributed by atoms with Gasteiger partial charge in [-0.05, 0) is 55.3 Å². The summed E-state index contributed by atoms with van der Waals surface area (Å²) in [5.41, 5.74) is 0.579. The Kier molecular flexibility index (Phi) is 5.07. The number of amides is 1. The van der Waals surface area contributed by atoms with E-state index in [1.807, 2.05) is 12.1 Å². The molecule has 2 atom stereocenters. The number of aliphatic hydroxyl groups is 1. The van der Waals surface area contributed by atoms with Crippen molar-refractivity contribution in [1.29, 1.82) is 0 Å². The number of piperidine rings is 1. The Labute approximate surface area is 156 Å². The summed E-state index contributed by atoms with van der Waals surface area (Å²) < 4.78 is 17.3. The average molecular weight is 376 g/mol. The SMILES string of the molecule is O=C(O)N1CCC(COc2noc3cccc(OC4CCCC4O)c23)CC1. The van der Waals surface area contributed by atoms with Crippen molar-refractivity contribution >= 4 is 17.1 Å². The van der Waals surface area contributed by atoms with Gasteiger partial charge in [-0.2, -0.15) is 0 Å². The van der Waals surface area contributed by atoms with Crippen LogP contribution in [-0.2, 0) is 0 Å². The average Bonchev–Trinajstić information content (AvgIpc) is 3.27. The highest BCUT2D eigenvalue weighted by molar-refractivity contribution is 5.88. The maximum atomic E-state index is 11.0. The van der Waals surface area contributed by atoms with Crippen LogP contribution < -0.4 is 9.47 Å². The van der Waals surface area contributed by atoms with Crippen LogP contribution >= 0.6 is 0 Å². The van der Waals surface area contributed by atoms with Gasteiger partial charge in [0.25, 0.3) is 5.88 Å². The third kappa shape index (κ3) is 3.80. The number of carboxylic acid groups (broad SMARTS) is 1. The van der Waals surface area contributed by atoms with Gasteiger partial charge < -0.3 is 29.1 Å². The lowest BCUT2D eigenvalue weighted by Crippen LogP contribution is -2.38. The molecule has 8 heteroatoms. The Morgan fingerprint density at radius 3 is 2.78 bits per heavy atom. The van der Waals surface area contributed by atoms with Crippen molar-refractivity contribution in [2.24, 2.45) is 5.92 Å². The fraction of sp³-hybridized carbons (Fsp3) is 0.579. The molecule has 0 spiro atoms. The molecule has 1 saturated heterocycles. The van der Waals surface area contributed by atoms with E-state index in [1.54, 1.807) is 6.07 Å². The van der Waals surface area contributed by atoms with Crippen LogP contribution in [0.25, 0.3) is 11.0 Å². The molecule has 0 bridgehead atoms. The van der Waals surface area contributed by atoms with E-state index in [-0.39, 0.29) is 12.0 Å². The zero-order valence-corrected chi connectivity index (χ0v) is 15.0. The molecule has 1 saturated carbocycles. The van der Waals surface area contributed by atoms with E-state index in [2.05, 4.69) is 5.16 Å². The smallest absolute Gasteiger partial charge is 0.407 e. The largest absolute Gasteiger partial charge is 0.487 e. The molecule has 27 heavy (non-hydrogen) atoms. The number of aromatic nitrogens is 1. The summed E-state index contributed by atoms with van der Waals surface area (Å²) in [5, 5.41) is 23.8. The summed E-state index contributed by atoms with van der Waals surface area (Å²) >= 11 is 0. The van der Waals surface area contributed by atoms with Crippen LogP contribution in [0.4, 0.5) is 4.79 Å². The number of hydrogen-bond donors (Lipinski definition) is 2. The number of likely N-dealkylation sites (tertiary alicyclic amines) is 1. The predicted octanol–water partition coefficient (Wildman–Crippen LogP) is 2.89. The maximum absolute atomic E-state index is 11.0. The third-order valence-electron chi connectivity index (χ3n) is 5.47. The lowest BCUT2D eigenvalue weighted by atomic mass is 9.98. The molecule has 2 aromatic rings. The van der Waals surface area contributed by atoms with Crippen LogP contribution in [0, 0.1) is 5.92 Å². The summed E-state index contributed by atoms with van der Waals surface area (Å²) in [6, 6.07) is 5.47. The minimum Gasteiger partial charge on any atom is -0.487 e. The Bertz CT molecular complexity index is 799. The van der Waals surface area contributed by atoms with E-state index < -0.39 is 12.2 Å². The molecule has 2 fully saturated rings. The van der Waals surface area contributed by atoms with Crippen molar-refractivity contribution in [3.8, 4) is 11.6 Å². The van der Waals surface area contributed by atoms with Crippen LogP contribution in [0.2, 0.25) is 0 Å². The van der Waals surface area contributed by atoms with Crippen molar-refractivity contribution in [2.75, 3.05) is 19.7 Å². The summed E-state index contributed by atoms with van der Waals surface area (Å²) in [6.07, 6.45) is 2.50. The van der Waals surface area contributed by atoms with Gasteiger partial charge in [0.1, 0.15) is 17.2 Å². The van der Waals surface area contributed by atoms with E-state index >= 15 is 0 Å². The second-order valence-electron chi connectivity index (χ2n) is 7.30. The van der Waals surface area contributed by atoms with Crippen LogP contribution in [0.1, 0.15) is 32.1 Å². The number of aliphatic hydroxyl groups excluding tert-OH is 1. The maximum Gasteiger partial charge on any atom is 0.407 e. The molecule has 2 unspecified atom stereocenters. The zero-order valence-electron chi connectivity index (χ0n) is 15.0. The van der Waals surface area contributed by atoms with E-state index in [4.69, 9.17) is 19.1 Å². The van der Waals surface area contributed by atoms with Crippen molar-refractivity contribution in [2.45, 2.75) is 44.3 Å². The zero-order chi connectivity index (χ0) is 18.8. The normalized spacial score (nSPS) is 23.7. The molecule has 2 heterocycles. The molecule has 0 radical (unpaired) electrons. The first kappa shape index (κ1) is 17.9. The fourth-order valence-corrected chi connectivity index (χ4v) is 3.83. The number of benzene rings is 1. The van der Waals surface area contributed by atoms with E-state index in [0.717, 1.165) is 32.1 Å². The highest BCUT2D eigenvalue weighted by Crippen LogP contribution is 2.36. The van der Waals surface area contributed by atoms with E-state index in [9.17, 15) is 9.90 Å². The molecule has 1 aromatic carbocycles. The third-order valence-corrected chi connectivity index (χ3v) is 5.47. The van der Waals surface area contributed by atoms with Gasteiger partial charge in [0, 0.05) is 13.1 Å². The fourth-order valence-electron chi connectivity index (χ4n) is 3.83. The summed E-state index contributed by atoms with van der Waals surface area (Å²) in [6.45, 7) is 1.50. The van der Waals surface area contributed by atoms with Crippen molar-refractivity contribution < 1.29 is 29.0 Å². The Balaban J connectivity index is 1.44. The molecule has 4 rings (SSSR count). The molecule has 8 nitrogen and oxygen atoms in total. The molecule has 1 amide bonds. The van der Waals surface area contributed by atoms with Gasteiger partial charge in [0.05, 0.1) is 12.7 Å². The van der Waals surface area contributed by atoms with Gasteiger partial charge in [0.2, 0.25) is 0 Å². The second-order valence-corrected chi connectivity index (χ2v) is 7.30. The molecular weight excluding hydrogens is 352 g/mol. The highest BCUT2D eigenvalue weighted by atomic mass is 16.5. The lowest BCUT2D eigenvalue weighted by Gasteiger charge is -2.29. The molecular formula is C19H24N2O6. The molecule has 2 aliphatic rings. The van der Waals surface area contributed by atoms with Gasteiger partial charge in [0.15, 0.2) is 5.58 Å². The van der Waals surface area contributed by atoms with E-state index in [0.29, 0.717) is 42.3 Å². The van der Waals surface area contributed by atoms with Crippen molar-refractivity contribution in [1.82, 2.24) is 10.1 Å². The van der Waals surface area contributed by atoms with E-state index in [1.165, 1.54) is 4.90 Å². The number of carbonyl (C=O) groups is 1. The minimum atomic E-state index is -0.868. The first-order chi connectivity index (χ1) is 13.1. The van der Waals surface area contributed by atoms with Gasteiger partial charge in [-0.15, -0.1) is 0 Å². The van der Waals surface area contributed by atoms with Gasteiger partial charge in [-0.1, -0.05) is 6.07 Å². The Morgan fingerprint density at radius 2 is 2.07 bits per heavy atom. The molecule has 1 aliphatic heterocycles. The van der Waals surface area contributed by atoms with Gasteiger partial charge in [-0.25, -0.2) is 4.79 Å². The number of hydrogen-bond acceptors (Lipinski definition) is 6. The Hall–Kier alpha value is -2.48. The van der Waals surface area contributed by atoms with Crippen LogP contribution in [0.15, 0.2) is 22.7 Å². The first-order valence-electron chi connectivity index (χ1n) is 9.45. The number of ether oxygens (including phenoxy) is 2. The minimum absolute atomic E-state index is 0.223. The highest BCUT2D eigenvalue weighted by Gasteiger charge is 2.29. The summed E-state index contributed by atoms with van der Waals surface area (Å²) in [4.78, 5) is 12.4. The van der Waals surface area contributed by atoms with Crippen molar-refractivity contribution in [3.05, 3.63) is 18.2 Å². The van der Waals surface area contributed by atoms with Gasteiger partial charge >= 0.3 is 6.09 Å². The molecule has 1 aliphatic carbocycles. The van der Waals surface area contributed by atoms with Crippen molar-refractivity contribution in [3.63, 3.8) is 0 Å². The Morgan fingerprint density at radius 1 is 1.26 bits per heavy atom. The standard InChI is InChI=1S/C19H24N2O6/c22-13-3-1-4-14(13)26-15-5-2-6-16-17(15)18(20-27-16)25-11-12-7-9-21(10-8-12)19(23)24/h2,5-6,12-14,22H,1,3-4,7-11H2,(H,23,24). The topological polar surface area (TPSA) is 105 Å². The van der Waals surface area contributed by atoms with Crippen LogP contribution in [0.3, 0.4) is 0 Å². The second kappa shape index (κ2) is 7.64. The monoisotopic (exact) mass is 376 g/mol. The number of nitrogens with zero attached hydrogens (tertiary/aromatic N) is 2. The summed E-state index contributed by atoms with van der Waals surface area (Å²) in [5.74, 6) is 1.27. The van der Waals surface area contributed by atoms with Crippen LogP contribution in [0.5, 0.6) is 11.6 Å². The predicted molar refractivity (Wildman–Crippen MR) is 96.1 cm³/mol. The quantitative estimate of drug-likeness (QED) is 0.826. The summed E-state index contributed by atoms with van der Waals surface area (Å²) in [7, 11) is 0. The molecule has 2 N–H and O–H groups in total. The van der Waals surface area contributed by atoms with Crippen LogP contribution in [-0.4, -0.2) is 58.3 Å².